The Morgan fingerprint density at radius 2 is 1.36 bits per heavy atom. The molecule has 0 aliphatic heterocycles. The van der Waals surface area contributed by atoms with Gasteiger partial charge in [0.1, 0.15) is 11.6 Å². The van der Waals surface area contributed by atoms with Gasteiger partial charge in [0.15, 0.2) is 0 Å². The minimum atomic E-state index is 0.131. The molecule has 0 aliphatic carbocycles. The van der Waals surface area contributed by atoms with E-state index in [1.807, 2.05) is 0 Å². The molecular formula is C5H4Cl3N3. The monoisotopic (exact) mass is 211 g/mol. The first kappa shape index (κ1) is 8.97. The highest BCUT2D eigenvalue weighted by atomic mass is 35.5. The Kier molecular flexibility index (Phi) is 3.30. The molecule has 1 rings (SSSR count). The lowest BCUT2D eigenvalue weighted by atomic mass is 10.6. The van der Waals surface area contributed by atoms with Crippen LogP contribution in [0.25, 0.3) is 0 Å². The van der Waals surface area contributed by atoms with Gasteiger partial charge >= 0.3 is 0 Å². The quantitative estimate of drug-likeness (QED) is 0.704. The molecule has 3 nitrogen and oxygen atoms in total. The van der Waals surface area contributed by atoms with E-state index in [9.17, 15) is 0 Å². The Morgan fingerprint density at radius 3 is 1.73 bits per heavy atom. The summed E-state index contributed by atoms with van der Waals surface area (Å²) in [5.74, 6) is 1.32. The van der Waals surface area contributed by atoms with Crippen LogP contribution in [-0.2, 0) is 11.8 Å². The predicted octanol–water partition coefficient (Wildman–Crippen LogP) is 2.00. The summed E-state index contributed by atoms with van der Waals surface area (Å²) in [7, 11) is 0. The lowest BCUT2D eigenvalue weighted by Gasteiger charge is -1.96. The molecule has 0 aliphatic rings. The molecule has 0 aromatic carbocycles. The van der Waals surface area contributed by atoms with Gasteiger partial charge in [0, 0.05) is 0 Å². The van der Waals surface area contributed by atoms with Crippen LogP contribution in [-0.4, -0.2) is 15.0 Å². The van der Waals surface area contributed by atoms with Crippen molar-refractivity contribution in [1.29, 1.82) is 0 Å². The van der Waals surface area contributed by atoms with Gasteiger partial charge < -0.3 is 0 Å². The molecule has 1 aromatic rings. The summed E-state index contributed by atoms with van der Waals surface area (Å²) < 4.78 is 0. The maximum absolute atomic E-state index is 5.53. The summed E-state index contributed by atoms with van der Waals surface area (Å²) in [6.45, 7) is 0. The second kappa shape index (κ2) is 4.04. The van der Waals surface area contributed by atoms with Crippen LogP contribution in [0.15, 0.2) is 0 Å². The fourth-order valence-electron chi connectivity index (χ4n) is 0.556. The van der Waals surface area contributed by atoms with E-state index in [2.05, 4.69) is 15.0 Å². The molecule has 0 N–H and O–H groups in total. The third-order valence-electron chi connectivity index (χ3n) is 0.940. The molecule has 0 bridgehead atoms. The number of alkyl halides is 2. The number of aromatic nitrogens is 3. The third-order valence-corrected chi connectivity index (χ3v) is 1.59. The Bertz CT molecular complexity index is 230. The zero-order chi connectivity index (χ0) is 8.27. The van der Waals surface area contributed by atoms with Crippen LogP contribution in [0.5, 0.6) is 0 Å². The third kappa shape index (κ3) is 2.43. The predicted molar refractivity (Wildman–Crippen MR) is 44.0 cm³/mol. The van der Waals surface area contributed by atoms with Crippen molar-refractivity contribution < 1.29 is 0 Å². The van der Waals surface area contributed by atoms with Gasteiger partial charge in [-0.15, -0.1) is 23.2 Å². The van der Waals surface area contributed by atoms with E-state index in [0.717, 1.165) is 0 Å². The number of rotatable bonds is 2. The minimum absolute atomic E-state index is 0.131. The molecule has 1 aromatic heterocycles. The molecular weight excluding hydrogens is 208 g/mol. The number of hydrogen-bond donors (Lipinski definition) is 0. The summed E-state index contributed by atoms with van der Waals surface area (Å²) >= 11 is 16.5. The molecule has 0 saturated carbocycles. The van der Waals surface area contributed by atoms with Gasteiger partial charge in [-0.3, -0.25) is 0 Å². The number of halogens is 3. The van der Waals surface area contributed by atoms with Gasteiger partial charge in [0.05, 0.1) is 11.8 Å². The average molecular weight is 212 g/mol. The molecule has 0 saturated heterocycles. The summed E-state index contributed by atoms with van der Waals surface area (Å²) in [4.78, 5) is 11.4. The first-order valence-corrected chi connectivity index (χ1v) is 4.22. The summed E-state index contributed by atoms with van der Waals surface area (Å²) in [6.07, 6.45) is 0. The van der Waals surface area contributed by atoms with Crippen molar-refractivity contribution >= 4 is 34.8 Å². The fraction of sp³-hybridized carbons (Fsp3) is 0.400. The minimum Gasteiger partial charge on any atom is -0.215 e. The van der Waals surface area contributed by atoms with Crippen molar-refractivity contribution in [2.24, 2.45) is 0 Å². The molecule has 0 fully saturated rings. The lowest BCUT2D eigenvalue weighted by molar-refractivity contribution is 0.898. The van der Waals surface area contributed by atoms with Crippen molar-refractivity contribution in [2.75, 3.05) is 0 Å². The Balaban J connectivity index is 3.02. The van der Waals surface area contributed by atoms with Crippen LogP contribution in [0.4, 0.5) is 0 Å². The zero-order valence-corrected chi connectivity index (χ0v) is 7.66. The van der Waals surface area contributed by atoms with Gasteiger partial charge in [-0.1, -0.05) is 0 Å². The summed E-state index contributed by atoms with van der Waals surface area (Å²) in [5, 5.41) is 0.131. The normalized spacial score (nSPS) is 10.1. The van der Waals surface area contributed by atoms with Crippen molar-refractivity contribution in [2.45, 2.75) is 11.8 Å². The van der Waals surface area contributed by atoms with Crippen molar-refractivity contribution in [3.63, 3.8) is 0 Å². The first-order valence-electron chi connectivity index (χ1n) is 2.77. The molecule has 0 atom stereocenters. The fourth-order valence-corrected chi connectivity index (χ4v) is 0.991. The Hall–Kier alpha value is -0.120. The van der Waals surface area contributed by atoms with Crippen LogP contribution < -0.4 is 0 Å². The molecule has 0 radical (unpaired) electrons. The van der Waals surface area contributed by atoms with Gasteiger partial charge in [0.2, 0.25) is 5.28 Å². The number of nitrogens with zero attached hydrogens (tertiary/aromatic N) is 3. The van der Waals surface area contributed by atoms with Crippen molar-refractivity contribution in [3.05, 3.63) is 16.9 Å². The van der Waals surface area contributed by atoms with E-state index < -0.39 is 0 Å². The topological polar surface area (TPSA) is 38.7 Å². The van der Waals surface area contributed by atoms with Crippen LogP contribution in [0.2, 0.25) is 5.28 Å². The van der Waals surface area contributed by atoms with Gasteiger partial charge in [-0.05, 0) is 11.6 Å². The molecule has 11 heavy (non-hydrogen) atoms. The van der Waals surface area contributed by atoms with Crippen LogP contribution >= 0.6 is 34.8 Å². The highest BCUT2D eigenvalue weighted by molar-refractivity contribution is 6.28. The van der Waals surface area contributed by atoms with E-state index in [1.165, 1.54) is 0 Å². The Morgan fingerprint density at radius 1 is 0.909 bits per heavy atom. The van der Waals surface area contributed by atoms with Gasteiger partial charge in [-0.2, -0.15) is 0 Å². The second-order valence-corrected chi connectivity index (χ2v) is 2.58. The highest BCUT2D eigenvalue weighted by Crippen LogP contribution is 2.05. The molecule has 60 valence electrons. The van der Waals surface area contributed by atoms with Crippen LogP contribution in [0.1, 0.15) is 11.6 Å². The molecule has 1 heterocycles. The lowest BCUT2D eigenvalue weighted by Crippen LogP contribution is -1.99. The maximum atomic E-state index is 5.53. The van der Waals surface area contributed by atoms with E-state index in [-0.39, 0.29) is 17.0 Å². The molecule has 0 unspecified atom stereocenters. The maximum Gasteiger partial charge on any atom is 0.225 e. The second-order valence-electron chi connectivity index (χ2n) is 1.70. The summed E-state index contributed by atoms with van der Waals surface area (Å²) in [6, 6.07) is 0. The van der Waals surface area contributed by atoms with E-state index in [1.54, 1.807) is 0 Å². The Labute approximate surface area is 78.7 Å². The van der Waals surface area contributed by atoms with E-state index >= 15 is 0 Å². The molecule has 0 amide bonds. The van der Waals surface area contributed by atoms with Gasteiger partial charge in [-0.25, -0.2) is 15.0 Å². The first-order chi connectivity index (χ1) is 5.26. The molecule has 6 heteroatoms. The van der Waals surface area contributed by atoms with E-state index in [4.69, 9.17) is 34.8 Å². The number of hydrogen-bond acceptors (Lipinski definition) is 3. The standard InChI is InChI=1S/C5H4Cl3N3/c6-1-3-9-4(2-7)11-5(8)10-3/h1-2H2. The smallest absolute Gasteiger partial charge is 0.215 e. The molecule has 0 spiro atoms. The average Bonchev–Trinajstić information content (AvgIpc) is 2.03. The zero-order valence-electron chi connectivity index (χ0n) is 5.39. The van der Waals surface area contributed by atoms with Gasteiger partial charge in [0.25, 0.3) is 0 Å². The van der Waals surface area contributed by atoms with Crippen LogP contribution in [0.3, 0.4) is 0 Å². The summed E-state index contributed by atoms with van der Waals surface area (Å²) in [5.41, 5.74) is 0. The largest absolute Gasteiger partial charge is 0.225 e. The van der Waals surface area contributed by atoms with Crippen LogP contribution in [0, 0.1) is 0 Å². The SMILES string of the molecule is ClCc1nc(Cl)nc(CCl)n1. The highest BCUT2D eigenvalue weighted by Gasteiger charge is 2.01. The van der Waals surface area contributed by atoms with E-state index in [0.29, 0.717) is 11.6 Å². The van der Waals surface area contributed by atoms with Crippen molar-refractivity contribution in [1.82, 2.24) is 15.0 Å². The van der Waals surface area contributed by atoms with Crippen molar-refractivity contribution in [3.8, 4) is 0 Å².